The first-order valence-electron chi connectivity index (χ1n) is 5.50. The van der Waals surface area contributed by atoms with Gasteiger partial charge in [-0.25, -0.2) is 0 Å². The lowest BCUT2D eigenvalue weighted by Crippen LogP contribution is -2.28. The Hall–Kier alpha value is -1.51. The molecule has 2 aliphatic rings. The van der Waals surface area contributed by atoms with Gasteiger partial charge in [0.2, 0.25) is 0 Å². The van der Waals surface area contributed by atoms with Crippen LogP contribution in [-0.2, 0) is 14.9 Å². The summed E-state index contributed by atoms with van der Waals surface area (Å²) in [5.41, 5.74) is 2.29. The molecule has 3 nitrogen and oxygen atoms in total. The third-order valence-corrected chi connectivity index (χ3v) is 3.70. The summed E-state index contributed by atoms with van der Waals surface area (Å²) >= 11 is 0. The fourth-order valence-corrected chi connectivity index (χ4v) is 2.89. The number of methoxy groups -OCH3 is 1. The molecule has 1 aliphatic heterocycles. The molecule has 1 fully saturated rings. The number of fused-ring (bicyclic) bond motifs is 5. The van der Waals surface area contributed by atoms with Crippen LogP contribution in [0.15, 0.2) is 18.2 Å². The molecule has 3 heteroatoms. The highest BCUT2D eigenvalue weighted by Gasteiger charge is 2.47. The molecule has 0 amide bonds. The monoisotopic (exact) mass is 218 g/mol. The molecule has 1 aromatic rings. The third kappa shape index (κ3) is 1.17. The van der Waals surface area contributed by atoms with E-state index in [9.17, 15) is 4.79 Å². The Kier molecular flexibility index (Phi) is 1.82. The second kappa shape index (κ2) is 3.00. The van der Waals surface area contributed by atoms with Crippen molar-refractivity contribution in [2.45, 2.75) is 31.3 Å². The maximum Gasteiger partial charge on any atom is 0.307 e. The molecule has 1 aliphatic carbocycles. The first-order valence-corrected chi connectivity index (χ1v) is 5.50. The molecule has 1 heterocycles. The maximum atomic E-state index is 11.5. The molecule has 0 N–H and O–H groups in total. The van der Waals surface area contributed by atoms with Crippen LogP contribution in [0.25, 0.3) is 0 Å². The Bertz CT molecular complexity index is 466. The number of rotatable bonds is 1. The van der Waals surface area contributed by atoms with Crippen LogP contribution in [0.2, 0.25) is 0 Å². The van der Waals surface area contributed by atoms with Crippen molar-refractivity contribution in [1.82, 2.24) is 0 Å². The SMILES string of the molecule is COc1ccc2c(c1)[C@]1(C)CC(=O)OC2C1. The average molecular weight is 218 g/mol. The Balaban J connectivity index is 2.15. The van der Waals surface area contributed by atoms with Gasteiger partial charge in [-0.1, -0.05) is 13.0 Å². The lowest BCUT2D eigenvalue weighted by atomic mass is 9.80. The predicted octanol–water partition coefficient (Wildman–Crippen LogP) is 2.34. The summed E-state index contributed by atoms with van der Waals surface area (Å²) in [5, 5.41) is 0. The van der Waals surface area contributed by atoms with Gasteiger partial charge in [0.05, 0.1) is 13.5 Å². The molecule has 0 saturated carbocycles. The normalized spacial score (nSPS) is 30.9. The molecule has 2 bridgehead atoms. The van der Waals surface area contributed by atoms with Crippen LogP contribution >= 0.6 is 0 Å². The largest absolute Gasteiger partial charge is 0.497 e. The second-order valence-corrected chi connectivity index (χ2v) is 4.87. The second-order valence-electron chi connectivity index (χ2n) is 4.87. The zero-order chi connectivity index (χ0) is 11.3. The van der Waals surface area contributed by atoms with Gasteiger partial charge in [-0.15, -0.1) is 0 Å². The van der Waals surface area contributed by atoms with Gasteiger partial charge < -0.3 is 9.47 Å². The van der Waals surface area contributed by atoms with Crippen molar-refractivity contribution in [2.24, 2.45) is 0 Å². The van der Waals surface area contributed by atoms with Gasteiger partial charge in [-0.3, -0.25) is 4.79 Å². The Morgan fingerprint density at radius 3 is 3.06 bits per heavy atom. The Labute approximate surface area is 94.4 Å². The van der Waals surface area contributed by atoms with E-state index < -0.39 is 0 Å². The summed E-state index contributed by atoms with van der Waals surface area (Å²) in [5.74, 6) is 0.758. The first kappa shape index (κ1) is 9.70. The summed E-state index contributed by atoms with van der Waals surface area (Å²) in [6.07, 6.45) is 1.33. The molecule has 1 unspecified atom stereocenters. The number of carbonyl (C=O) groups excluding carboxylic acids is 1. The van der Waals surface area contributed by atoms with Crippen molar-refractivity contribution in [3.63, 3.8) is 0 Å². The van der Waals surface area contributed by atoms with Crippen molar-refractivity contribution < 1.29 is 14.3 Å². The van der Waals surface area contributed by atoms with Crippen molar-refractivity contribution in [3.05, 3.63) is 29.3 Å². The zero-order valence-corrected chi connectivity index (χ0v) is 9.45. The maximum absolute atomic E-state index is 11.5. The smallest absolute Gasteiger partial charge is 0.307 e. The molecule has 2 atom stereocenters. The molecule has 0 spiro atoms. The fraction of sp³-hybridized carbons (Fsp3) is 0.462. The van der Waals surface area contributed by atoms with Gasteiger partial charge >= 0.3 is 5.97 Å². The summed E-state index contributed by atoms with van der Waals surface area (Å²) in [6, 6.07) is 5.98. The quantitative estimate of drug-likeness (QED) is 0.679. The molecule has 1 saturated heterocycles. The first-order chi connectivity index (χ1) is 7.62. The summed E-state index contributed by atoms with van der Waals surface area (Å²) in [4.78, 5) is 11.5. The molecule has 0 radical (unpaired) electrons. The fourth-order valence-electron chi connectivity index (χ4n) is 2.89. The molecule has 16 heavy (non-hydrogen) atoms. The number of ether oxygens (including phenoxy) is 2. The topological polar surface area (TPSA) is 35.5 Å². The van der Waals surface area contributed by atoms with Crippen LogP contribution in [0.1, 0.15) is 37.0 Å². The van der Waals surface area contributed by atoms with E-state index in [1.807, 2.05) is 18.2 Å². The molecule has 84 valence electrons. The zero-order valence-electron chi connectivity index (χ0n) is 9.45. The highest BCUT2D eigenvalue weighted by atomic mass is 16.5. The van der Waals surface area contributed by atoms with Crippen LogP contribution in [0.3, 0.4) is 0 Å². The number of hydrogen-bond donors (Lipinski definition) is 0. The van der Waals surface area contributed by atoms with Crippen molar-refractivity contribution in [3.8, 4) is 5.75 Å². The van der Waals surface area contributed by atoms with Gasteiger partial charge in [0.15, 0.2) is 0 Å². The van der Waals surface area contributed by atoms with E-state index in [0.29, 0.717) is 6.42 Å². The van der Waals surface area contributed by atoms with Gasteiger partial charge in [0.25, 0.3) is 0 Å². The van der Waals surface area contributed by atoms with E-state index in [1.165, 1.54) is 5.56 Å². The van der Waals surface area contributed by atoms with Crippen LogP contribution in [-0.4, -0.2) is 13.1 Å². The van der Waals surface area contributed by atoms with Gasteiger partial charge in [-0.05, 0) is 29.7 Å². The average Bonchev–Trinajstić information content (AvgIpc) is 2.46. The minimum absolute atomic E-state index is 0.0489. The lowest BCUT2D eigenvalue weighted by molar-refractivity contribution is -0.156. The molecular weight excluding hydrogens is 204 g/mol. The Morgan fingerprint density at radius 2 is 2.31 bits per heavy atom. The minimum Gasteiger partial charge on any atom is -0.497 e. The lowest BCUT2D eigenvalue weighted by Gasteiger charge is -2.28. The number of carbonyl (C=O) groups is 1. The van der Waals surface area contributed by atoms with Crippen molar-refractivity contribution in [2.75, 3.05) is 7.11 Å². The van der Waals surface area contributed by atoms with Crippen molar-refractivity contribution >= 4 is 5.97 Å². The molecular formula is C13H14O3. The molecule has 3 rings (SSSR count). The van der Waals surface area contributed by atoms with E-state index in [-0.39, 0.29) is 17.5 Å². The summed E-state index contributed by atoms with van der Waals surface area (Å²) in [7, 11) is 1.66. The minimum atomic E-state index is -0.0890. The van der Waals surface area contributed by atoms with Gasteiger partial charge in [0, 0.05) is 5.41 Å². The summed E-state index contributed by atoms with van der Waals surface area (Å²) in [6.45, 7) is 2.13. The highest BCUT2D eigenvalue weighted by Crippen LogP contribution is 2.52. The van der Waals surface area contributed by atoms with E-state index in [0.717, 1.165) is 17.7 Å². The third-order valence-electron chi connectivity index (χ3n) is 3.70. The van der Waals surface area contributed by atoms with Crippen LogP contribution in [0.4, 0.5) is 0 Å². The number of esters is 1. The van der Waals surface area contributed by atoms with E-state index in [1.54, 1.807) is 7.11 Å². The molecule has 1 aromatic carbocycles. The summed E-state index contributed by atoms with van der Waals surface area (Å²) < 4.78 is 10.6. The van der Waals surface area contributed by atoms with E-state index >= 15 is 0 Å². The highest BCUT2D eigenvalue weighted by molar-refractivity contribution is 5.75. The van der Waals surface area contributed by atoms with Gasteiger partial charge in [0.1, 0.15) is 11.9 Å². The molecule has 0 aromatic heterocycles. The van der Waals surface area contributed by atoms with Crippen LogP contribution < -0.4 is 4.74 Å². The van der Waals surface area contributed by atoms with Crippen LogP contribution in [0.5, 0.6) is 5.75 Å². The predicted molar refractivity (Wildman–Crippen MR) is 58.4 cm³/mol. The van der Waals surface area contributed by atoms with Gasteiger partial charge in [-0.2, -0.15) is 0 Å². The number of hydrogen-bond acceptors (Lipinski definition) is 3. The number of benzene rings is 1. The Morgan fingerprint density at radius 1 is 1.50 bits per heavy atom. The van der Waals surface area contributed by atoms with Crippen LogP contribution in [0, 0.1) is 0 Å². The standard InChI is InChI=1S/C13H14O3/c1-13-6-11(16-12(14)7-13)9-4-3-8(15-2)5-10(9)13/h3-5,11H,6-7H2,1-2H3/t11?,13-/m0/s1. The van der Waals surface area contributed by atoms with E-state index in [4.69, 9.17) is 9.47 Å². The van der Waals surface area contributed by atoms with E-state index in [2.05, 4.69) is 6.92 Å². The van der Waals surface area contributed by atoms with Crippen molar-refractivity contribution in [1.29, 1.82) is 0 Å².